The van der Waals surface area contributed by atoms with E-state index in [1.807, 2.05) is 0 Å². The number of Topliss-reactive ketones (excluding diaryl/α,β-unsaturated/α-hetero) is 2. The van der Waals surface area contributed by atoms with Crippen LogP contribution in [0, 0.1) is 69.5 Å². The smallest absolute Gasteiger partial charge is 0.376 e. The van der Waals surface area contributed by atoms with Crippen molar-refractivity contribution < 1.29 is 56.5 Å². The molecule has 0 aromatic rings. The average molecular weight is 715 g/mol. The van der Waals surface area contributed by atoms with Gasteiger partial charge in [0.15, 0.2) is 6.10 Å². The van der Waals surface area contributed by atoms with Gasteiger partial charge in [0.25, 0.3) is 0 Å². The Labute approximate surface area is 295 Å². The highest BCUT2D eigenvalue weighted by molar-refractivity contribution is 5.90. The van der Waals surface area contributed by atoms with Crippen LogP contribution in [0.4, 0.5) is 8.78 Å². The minimum atomic E-state index is -3.60. The zero-order valence-electron chi connectivity index (χ0n) is 29.2. The van der Waals surface area contributed by atoms with Crippen molar-refractivity contribution in [3.63, 3.8) is 0 Å². The molecular weight excluding hydrogens is 666 g/mol. The molecule has 12 saturated carbocycles. The van der Waals surface area contributed by atoms with E-state index in [0.717, 1.165) is 25.7 Å². The maximum Gasteiger partial charge on any atom is 0.376 e. The number of esters is 4. The van der Waals surface area contributed by atoms with Crippen molar-refractivity contribution in [1.82, 2.24) is 0 Å². The molecule has 0 aromatic carbocycles. The van der Waals surface area contributed by atoms with E-state index < -0.39 is 52.3 Å². The summed E-state index contributed by atoms with van der Waals surface area (Å²) >= 11 is 0. The summed E-state index contributed by atoms with van der Waals surface area (Å²) in [5.74, 6) is -6.06. The molecule has 0 aromatic heterocycles. The third-order valence-corrected chi connectivity index (χ3v) is 15.1. The van der Waals surface area contributed by atoms with Gasteiger partial charge in [-0.05, 0) is 126 Å². The largest absolute Gasteiger partial charge is 0.461 e. The Hall–Kier alpha value is -2.92. The van der Waals surface area contributed by atoms with Crippen LogP contribution in [0.5, 0.6) is 0 Å². The number of hydrogen-bond acceptors (Lipinski definition) is 10. The molecule has 0 N–H and O–H groups in total. The molecule has 12 aliphatic rings. The molecule has 12 heteroatoms. The first-order valence-corrected chi connectivity index (χ1v) is 19.4. The molecule has 0 amide bonds. The number of halogens is 2. The van der Waals surface area contributed by atoms with Gasteiger partial charge in [0.05, 0.1) is 16.2 Å². The maximum atomic E-state index is 14.0. The highest BCUT2D eigenvalue weighted by Gasteiger charge is 2.63. The highest BCUT2D eigenvalue weighted by atomic mass is 19.3. The Balaban J connectivity index is 0.895. The van der Waals surface area contributed by atoms with Crippen molar-refractivity contribution in [1.29, 1.82) is 0 Å². The molecular formula is C39H48F2O10. The topological polar surface area (TPSA) is 139 Å². The van der Waals surface area contributed by atoms with Gasteiger partial charge in [0.1, 0.15) is 30.9 Å². The van der Waals surface area contributed by atoms with Crippen LogP contribution < -0.4 is 0 Å². The van der Waals surface area contributed by atoms with Gasteiger partial charge in [-0.3, -0.25) is 24.0 Å². The molecule has 0 saturated heterocycles. The van der Waals surface area contributed by atoms with Gasteiger partial charge in [-0.2, -0.15) is 8.78 Å². The molecule has 7 atom stereocenters. The van der Waals surface area contributed by atoms with Crippen molar-refractivity contribution >= 4 is 35.4 Å². The Kier molecular flexibility index (Phi) is 7.67. The van der Waals surface area contributed by atoms with Gasteiger partial charge in [-0.15, -0.1) is 0 Å². The fourth-order valence-electron chi connectivity index (χ4n) is 13.7. The second kappa shape index (κ2) is 11.5. The molecule has 0 spiro atoms. The predicted molar refractivity (Wildman–Crippen MR) is 170 cm³/mol. The molecule has 12 fully saturated rings. The molecule has 7 unspecified atom stereocenters. The molecule has 278 valence electrons. The molecule has 12 aliphatic carbocycles. The number of carbonyl (C=O) groups is 6. The van der Waals surface area contributed by atoms with E-state index in [9.17, 15) is 37.5 Å². The van der Waals surface area contributed by atoms with E-state index in [2.05, 4.69) is 0 Å². The second-order valence-electron chi connectivity index (χ2n) is 18.8. The second-order valence-corrected chi connectivity index (χ2v) is 18.8. The zero-order chi connectivity index (χ0) is 35.7. The van der Waals surface area contributed by atoms with Crippen LogP contribution in [0.15, 0.2) is 0 Å². The van der Waals surface area contributed by atoms with Crippen LogP contribution in [0.25, 0.3) is 0 Å². The summed E-state index contributed by atoms with van der Waals surface area (Å²) in [4.78, 5) is 79.5. The summed E-state index contributed by atoms with van der Waals surface area (Å²) in [6.45, 7) is -0.0781. The first kappa shape index (κ1) is 33.9. The lowest BCUT2D eigenvalue weighted by molar-refractivity contribution is -0.210. The van der Waals surface area contributed by atoms with Gasteiger partial charge in [0, 0.05) is 30.6 Å². The van der Waals surface area contributed by atoms with Crippen molar-refractivity contribution in [2.45, 2.75) is 121 Å². The van der Waals surface area contributed by atoms with Gasteiger partial charge in [-0.25, -0.2) is 4.79 Å². The summed E-state index contributed by atoms with van der Waals surface area (Å²) in [6.07, 6.45) is 7.45. The van der Waals surface area contributed by atoms with E-state index in [1.54, 1.807) is 0 Å². The molecule has 10 nitrogen and oxygen atoms in total. The summed E-state index contributed by atoms with van der Waals surface area (Å²) in [6, 6.07) is 0. The fourth-order valence-corrected chi connectivity index (χ4v) is 13.7. The van der Waals surface area contributed by atoms with Gasteiger partial charge in [0.2, 0.25) is 0 Å². The molecule has 12 rings (SSSR count). The number of ether oxygens (including phenoxy) is 4. The van der Waals surface area contributed by atoms with Crippen LogP contribution >= 0.6 is 0 Å². The van der Waals surface area contributed by atoms with Gasteiger partial charge in [-0.1, -0.05) is 0 Å². The lowest BCUT2D eigenvalue weighted by Gasteiger charge is -2.57. The van der Waals surface area contributed by atoms with E-state index in [-0.39, 0.29) is 72.2 Å². The molecule has 51 heavy (non-hydrogen) atoms. The van der Waals surface area contributed by atoms with Crippen molar-refractivity contribution in [3.05, 3.63) is 0 Å². The molecule has 0 radical (unpaired) electrons. The third-order valence-electron chi connectivity index (χ3n) is 15.1. The van der Waals surface area contributed by atoms with E-state index in [4.69, 9.17) is 18.9 Å². The lowest BCUT2D eigenvalue weighted by Crippen LogP contribution is -2.58. The Morgan fingerprint density at radius 3 is 1.45 bits per heavy atom. The third kappa shape index (κ3) is 5.48. The van der Waals surface area contributed by atoms with Crippen LogP contribution in [0.2, 0.25) is 0 Å². The number of ketones is 2. The quantitative estimate of drug-likeness (QED) is 0.220. The maximum absolute atomic E-state index is 14.0. The number of carbonyl (C=O) groups excluding carboxylic acids is 6. The Bertz CT molecular complexity index is 1510. The van der Waals surface area contributed by atoms with Crippen molar-refractivity contribution in [3.8, 4) is 0 Å². The minimum Gasteiger partial charge on any atom is -0.461 e. The SMILES string of the molecule is CC(F)(F)C(=O)OC1C2CC3CC1CC(C(=O)OCC(COC(=O)C14CC5CC(C1)C(=O)C(C5)C4)OC(=O)C14CC5CC(C1)C(=O)C(C5)C4)(C3)C2. The van der Waals surface area contributed by atoms with Crippen LogP contribution in [-0.4, -0.2) is 66.8 Å². The highest BCUT2D eigenvalue weighted by Crippen LogP contribution is 2.62. The van der Waals surface area contributed by atoms with Gasteiger partial charge >= 0.3 is 29.8 Å². The van der Waals surface area contributed by atoms with Crippen LogP contribution in [0.3, 0.4) is 0 Å². The molecule has 0 heterocycles. The van der Waals surface area contributed by atoms with Crippen molar-refractivity contribution in [2.24, 2.45) is 69.5 Å². The average Bonchev–Trinajstić information content (AvgIpc) is 3.06. The Morgan fingerprint density at radius 1 is 0.627 bits per heavy atom. The molecule has 12 bridgehead atoms. The van der Waals surface area contributed by atoms with E-state index in [0.29, 0.717) is 89.4 Å². The standard InChI is InChI=1S/C39H48F2O10/c1-36(40,41)32(44)51-31-26-6-21-7-27(31)16-38(9-21,15-26)34(46)49-18-28(50-35(47)39-10-20-4-24(13-39)30(43)25(5-20)14-39)17-48-33(45)37-8-19-2-22(11-37)29(42)23(3-19)12-37/h19-28,31H,2-18H2,1H3. The summed E-state index contributed by atoms with van der Waals surface area (Å²) in [7, 11) is 0. The first-order chi connectivity index (χ1) is 24.1. The van der Waals surface area contributed by atoms with Crippen LogP contribution in [0.1, 0.15) is 103 Å². The van der Waals surface area contributed by atoms with Crippen LogP contribution in [-0.2, 0) is 47.7 Å². The van der Waals surface area contributed by atoms with E-state index >= 15 is 0 Å². The lowest BCUT2D eigenvalue weighted by atomic mass is 9.48. The predicted octanol–water partition coefficient (Wildman–Crippen LogP) is 5.17. The fraction of sp³-hybridized carbons (Fsp3) is 0.846. The zero-order valence-corrected chi connectivity index (χ0v) is 29.2. The first-order valence-electron chi connectivity index (χ1n) is 19.4. The summed E-state index contributed by atoms with van der Waals surface area (Å²) in [5.41, 5.74) is -2.36. The number of alkyl halides is 2. The van der Waals surface area contributed by atoms with Gasteiger partial charge < -0.3 is 18.9 Å². The number of rotatable bonds is 10. The summed E-state index contributed by atoms with van der Waals surface area (Å²) < 4.78 is 50.8. The Morgan fingerprint density at radius 2 is 1.02 bits per heavy atom. The summed E-state index contributed by atoms with van der Waals surface area (Å²) in [5, 5.41) is 0. The van der Waals surface area contributed by atoms with E-state index in [1.165, 1.54) is 0 Å². The minimum absolute atomic E-state index is 0.112. The van der Waals surface area contributed by atoms with Crippen molar-refractivity contribution in [2.75, 3.05) is 13.2 Å². The normalized spacial score (nSPS) is 45.9. The number of hydrogen-bond donors (Lipinski definition) is 0. The monoisotopic (exact) mass is 714 g/mol. The molecule has 0 aliphatic heterocycles.